The van der Waals surface area contributed by atoms with Crippen LogP contribution < -0.4 is 0 Å². The third kappa shape index (κ3) is 3.47. The number of hydrogen-bond acceptors (Lipinski definition) is 2. The summed E-state index contributed by atoms with van der Waals surface area (Å²) in [5.74, 6) is -0.505. The van der Waals surface area contributed by atoms with Crippen LogP contribution in [0.4, 0.5) is 0 Å². The van der Waals surface area contributed by atoms with Gasteiger partial charge in [-0.1, -0.05) is 29.3 Å². The Morgan fingerprint density at radius 1 is 1.33 bits per heavy atom. The van der Waals surface area contributed by atoms with Crippen molar-refractivity contribution in [3.8, 4) is 5.69 Å². The Morgan fingerprint density at radius 2 is 2.05 bits per heavy atom. The van der Waals surface area contributed by atoms with Crippen LogP contribution in [0.2, 0.25) is 10.0 Å². The summed E-state index contributed by atoms with van der Waals surface area (Å²) in [5.41, 5.74) is 2.42. The van der Waals surface area contributed by atoms with Gasteiger partial charge in [0.2, 0.25) is 0 Å². The fourth-order valence-corrected chi connectivity index (χ4v) is 2.37. The summed E-state index contributed by atoms with van der Waals surface area (Å²) in [6.07, 6.45) is 6.48. The van der Waals surface area contributed by atoms with E-state index in [-0.39, 0.29) is 0 Å². The Bertz CT molecular complexity index is 706. The molecule has 1 aromatic carbocycles. The van der Waals surface area contributed by atoms with Crippen molar-refractivity contribution in [2.45, 2.75) is 6.92 Å². The van der Waals surface area contributed by atoms with Crippen molar-refractivity contribution in [1.82, 2.24) is 9.63 Å². The molecular formula is C15H14Cl2N2O2. The molecule has 4 nitrogen and oxygen atoms in total. The van der Waals surface area contributed by atoms with Crippen molar-refractivity contribution in [3.63, 3.8) is 0 Å². The number of rotatable bonds is 3. The Hall–Kier alpha value is -1.75. The summed E-state index contributed by atoms with van der Waals surface area (Å²) in [5, 5.41) is 10.6. The van der Waals surface area contributed by atoms with Gasteiger partial charge in [0, 0.05) is 25.5 Å². The van der Waals surface area contributed by atoms with E-state index in [4.69, 9.17) is 28.4 Å². The molecule has 0 unspecified atom stereocenters. The van der Waals surface area contributed by atoms with Crippen LogP contribution in [0.1, 0.15) is 11.1 Å². The van der Waals surface area contributed by atoms with Gasteiger partial charge >= 0.3 is 0 Å². The van der Waals surface area contributed by atoms with E-state index in [9.17, 15) is 4.79 Å². The summed E-state index contributed by atoms with van der Waals surface area (Å²) in [6.45, 7) is 1.90. The maximum atomic E-state index is 11.3. The highest BCUT2D eigenvalue weighted by Crippen LogP contribution is 2.31. The van der Waals surface area contributed by atoms with E-state index in [1.807, 2.05) is 19.1 Å². The van der Waals surface area contributed by atoms with Crippen molar-refractivity contribution in [2.75, 3.05) is 7.05 Å². The normalized spacial score (nSPS) is 11.1. The molecule has 21 heavy (non-hydrogen) atoms. The SMILES string of the molecule is Cc1ccc(Cl)c(-n2ccc(C=CC(=O)N(C)O)c2)c1Cl. The van der Waals surface area contributed by atoms with Gasteiger partial charge < -0.3 is 4.57 Å². The van der Waals surface area contributed by atoms with Crippen molar-refractivity contribution in [2.24, 2.45) is 0 Å². The van der Waals surface area contributed by atoms with Gasteiger partial charge in [0.15, 0.2) is 0 Å². The first-order valence-electron chi connectivity index (χ1n) is 6.17. The molecule has 0 bridgehead atoms. The molecule has 0 saturated carbocycles. The summed E-state index contributed by atoms with van der Waals surface area (Å²) < 4.78 is 1.80. The van der Waals surface area contributed by atoms with Crippen LogP contribution in [-0.2, 0) is 4.79 Å². The highest BCUT2D eigenvalue weighted by Gasteiger charge is 2.10. The molecule has 2 rings (SSSR count). The van der Waals surface area contributed by atoms with Gasteiger partial charge in [-0.05, 0) is 36.3 Å². The van der Waals surface area contributed by atoms with Gasteiger partial charge in [0.25, 0.3) is 5.91 Å². The largest absolute Gasteiger partial charge is 0.321 e. The zero-order valence-corrected chi connectivity index (χ0v) is 13.1. The summed E-state index contributed by atoms with van der Waals surface area (Å²) in [6, 6.07) is 5.46. The van der Waals surface area contributed by atoms with Crippen LogP contribution in [0.25, 0.3) is 11.8 Å². The Labute approximate surface area is 132 Å². The first-order valence-corrected chi connectivity index (χ1v) is 6.93. The lowest BCUT2D eigenvalue weighted by atomic mass is 10.2. The standard InChI is InChI=1S/C15H14Cl2N2O2/c1-10-3-5-12(16)15(14(10)17)19-8-7-11(9-19)4-6-13(20)18(2)21/h3-9,21H,1-2H3. The van der Waals surface area contributed by atoms with Crippen LogP contribution in [0.3, 0.4) is 0 Å². The number of aromatic nitrogens is 1. The molecular weight excluding hydrogens is 311 g/mol. The van der Waals surface area contributed by atoms with E-state index >= 15 is 0 Å². The molecule has 1 heterocycles. The maximum absolute atomic E-state index is 11.3. The minimum Gasteiger partial charge on any atom is -0.321 e. The first-order chi connectivity index (χ1) is 9.90. The van der Waals surface area contributed by atoms with E-state index in [1.165, 1.54) is 13.1 Å². The second kappa shape index (κ2) is 6.35. The quantitative estimate of drug-likeness (QED) is 0.527. The smallest absolute Gasteiger partial charge is 0.269 e. The molecule has 0 radical (unpaired) electrons. The van der Waals surface area contributed by atoms with E-state index < -0.39 is 5.91 Å². The second-order valence-corrected chi connectivity index (χ2v) is 5.36. The molecule has 0 spiro atoms. The highest BCUT2D eigenvalue weighted by molar-refractivity contribution is 6.38. The van der Waals surface area contributed by atoms with E-state index in [0.717, 1.165) is 11.1 Å². The first kappa shape index (κ1) is 15.6. The highest BCUT2D eigenvalue weighted by atomic mass is 35.5. The Morgan fingerprint density at radius 3 is 2.71 bits per heavy atom. The number of halogens is 2. The maximum Gasteiger partial charge on any atom is 0.269 e. The minimum absolute atomic E-state index is 0.505. The Balaban J connectivity index is 2.33. The monoisotopic (exact) mass is 324 g/mol. The lowest BCUT2D eigenvalue weighted by Gasteiger charge is -2.10. The summed E-state index contributed by atoms with van der Waals surface area (Å²) in [4.78, 5) is 11.3. The number of carbonyl (C=O) groups is 1. The molecule has 1 aromatic heterocycles. The predicted molar refractivity (Wildman–Crippen MR) is 84.1 cm³/mol. The topological polar surface area (TPSA) is 45.5 Å². The lowest BCUT2D eigenvalue weighted by molar-refractivity contribution is -0.153. The number of benzene rings is 1. The average Bonchev–Trinajstić information content (AvgIpc) is 2.89. The molecule has 0 aliphatic carbocycles. The van der Waals surface area contributed by atoms with Crippen LogP contribution in [0.15, 0.2) is 36.7 Å². The minimum atomic E-state index is -0.505. The van der Waals surface area contributed by atoms with Gasteiger partial charge in [0.1, 0.15) is 0 Å². The predicted octanol–water partition coefficient (Wildman–Crippen LogP) is 3.95. The molecule has 110 valence electrons. The molecule has 0 aliphatic heterocycles. The molecule has 0 fully saturated rings. The van der Waals surface area contributed by atoms with Crippen molar-refractivity contribution in [1.29, 1.82) is 0 Å². The number of likely N-dealkylation sites (N-methyl/N-ethyl adjacent to an activating group) is 1. The van der Waals surface area contributed by atoms with Crippen molar-refractivity contribution in [3.05, 3.63) is 57.8 Å². The fraction of sp³-hybridized carbons (Fsp3) is 0.133. The third-order valence-corrected chi connectivity index (χ3v) is 3.75. The summed E-state index contributed by atoms with van der Waals surface area (Å²) in [7, 11) is 1.27. The van der Waals surface area contributed by atoms with E-state index in [2.05, 4.69) is 0 Å². The van der Waals surface area contributed by atoms with Crippen molar-refractivity contribution < 1.29 is 10.0 Å². The van der Waals surface area contributed by atoms with Crippen LogP contribution in [0, 0.1) is 6.92 Å². The van der Waals surface area contributed by atoms with E-state index in [0.29, 0.717) is 20.8 Å². The zero-order chi connectivity index (χ0) is 15.6. The molecule has 6 heteroatoms. The number of hydroxylamine groups is 2. The second-order valence-electron chi connectivity index (χ2n) is 4.57. The molecule has 0 aliphatic rings. The molecule has 1 N–H and O–H groups in total. The number of amides is 1. The molecule has 2 aromatic rings. The average molecular weight is 325 g/mol. The number of hydrogen-bond donors (Lipinski definition) is 1. The third-order valence-electron chi connectivity index (χ3n) is 2.97. The van der Waals surface area contributed by atoms with Gasteiger partial charge in [-0.25, -0.2) is 5.06 Å². The van der Waals surface area contributed by atoms with Crippen LogP contribution >= 0.6 is 23.2 Å². The lowest BCUT2D eigenvalue weighted by Crippen LogP contribution is -2.19. The van der Waals surface area contributed by atoms with Gasteiger partial charge in [-0.15, -0.1) is 0 Å². The van der Waals surface area contributed by atoms with Crippen molar-refractivity contribution >= 4 is 35.2 Å². The number of carbonyl (C=O) groups excluding carboxylic acids is 1. The number of aryl methyl sites for hydroxylation is 1. The molecule has 0 saturated heterocycles. The zero-order valence-electron chi connectivity index (χ0n) is 11.5. The fourth-order valence-electron chi connectivity index (χ4n) is 1.80. The van der Waals surface area contributed by atoms with E-state index in [1.54, 1.807) is 29.1 Å². The van der Waals surface area contributed by atoms with Gasteiger partial charge in [-0.3, -0.25) is 10.0 Å². The number of nitrogens with zero attached hydrogens (tertiary/aromatic N) is 2. The Kier molecular flexibility index (Phi) is 4.73. The van der Waals surface area contributed by atoms with Crippen LogP contribution in [0.5, 0.6) is 0 Å². The van der Waals surface area contributed by atoms with Gasteiger partial charge in [0.05, 0.1) is 15.7 Å². The molecule has 0 atom stereocenters. The van der Waals surface area contributed by atoms with Gasteiger partial charge in [-0.2, -0.15) is 0 Å². The summed E-state index contributed by atoms with van der Waals surface area (Å²) >= 11 is 12.5. The van der Waals surface area contributed by atoms with Crippen LogP contribution in [-0.4, -0.2) is 27.8 Å². The molecule has 1 amide bonds.